The normalized spacial score (nSPS) is 10.8. The molecule has 0 atom stereocenters. The van der Waals surface area contributed by atoms with Crippen molar-refractivity contribution in [3.05, 3.63) is 29.3 Å². The number of aliphatic imine (C=N–C) groups is 1. The highest BCUT2D eigenvalue weighted by Crippen LogP contribution is 2.16. The van der Waals surface area contributed by atoms with Gasteiger partial charge in [0.2, 0.25) is 0 Å². The van der Waals surface area contributed by atoms with Crippen molar-refractivity contribution in [1.82, 2.24) is 10.6 Å². The number of nitrogens with one attached hydrogen (secondary N) is 2. The van der Waals surface area contributed by atoms with E-state index in [1.165, 1.54) is 5.56 Å². The molecule has 0 aliphatic rings. The molecule has 0 aromatic heterocycles. The summed E-state index contributed by atoms with van der Waals surface area (Å²) in [4.78, 5) is 4.56. The van der Waals surface area contributed by atoms with Gasteiger partial charge in [-0.15, -0.1) is 24.0 Å². The third-order valence-corrected chi connectivity index (χ3v) is 2.71. The maximum atomic E-state index is 5.27. The molecule has 21 heavy (non-hydrogen) atoms. The Bertz CT molecular complexity index is 439. The second kappa shape index (κ2) is 11.6. The van der Waals surface area contributed by atoms with Crippen molar-refractivity contribution >= 4 is 29.9 Å². The average Bonchev–Trinajstić information content (AvgIpc) is 2.44. The highest BCUT2D eigenvalue weighted by atomic mass is 127. The molecule has 0 heterocycles. The lowest BCUT2D eigenvalue weighted by atomic mass is 10.1. The fraction of sp³-hybridized carbons (Fsp3) is 0.533. The molecule has 0 fully saturated rings. The molecule has 1 aromatic rings. The number of hydrogen-bond donors (Lipinski definition) is 2. The number of nitrogens with zero attached hydrogens (tertiary/aromatic N) is 1. The second-order valence-electron chi connectivity index (χ2n) is 4.47. The highest BCUT2D eigenvalue weighted by molar-refractivity contribution is 14.0. The van der Waals surface area contributed by atoms with Crippen molar-refractivity contribution in [3.8, 4) is 5.75 Å². The van der Waals surface area contributed by atoms with Crippen LogP contribution in [0.2, 0.25) is 0 Å². The molecule has 0 aliphatic heterocycles. The molecule has 0 aliphatic carbocycles. The first-order valence-corrected chi connectivity index (χ1v) is 6.85. The van der Waals surface area contributed by atoms with Crippen LogP contribution in [0.25, 0.3) is 0 Å². The van der Waals surface area contributed by atoms with Crippen molar-refractivity contribution in [1.29, 1.82) is 0 Å². The maximum Gasteiger partial charge on any atom is 0.191 e. The Balaban J connectivity index is 0.00000400. The summed E-state index contributed by atoms with van der Waals surface area (Å²) in [6, 6.07) is 6.13. The summed E-state index contributed by atoms with van der Waals surface area (Å²) in [6.07, 6.45) is 0. The van der Waals surface area contributed by atoms with E-state index in [-0.39, 0.29) is 24.0 Å². The van der Waals surface area contributed by atoms with E-state index in [0.29, 0.717) is 13.2 Å². The first kappa shape index (κ1) is 20.0. The molecule has 0 saturated heterocycles. The molecule has 0 unspecified atom stereocenters. The Labute approximate surface area is 144 Å². The number of aryl methyl sites for hydroxylation is 1. The van der Waals surface area contributed by atoms with E-state index in [1.54, 1.807) is 14.2 Å². The molecular weight excluding hydrogens is 381 g/mol. The molecule has 0 amide bonds. The summed E-state index contributed by atoms with van der Waals surface area (Å²) in [5.41, 5.74) is 2.30. The van der Waals surface area contributed by atoms with Gasteiger partial charge in [0.05, 0.1) is 20.3 Å². The molecule has 1 rings (SSSR count). The molecule has 0 bridgehead atoms. The zero-order valence-electron chi connectivity index (χ0n) is 13.2. The Morgan fingerprint density at radius 1 is 1.19 bits per heavy atom. The van der Waals surface area contributed by atoms with Crippen molar-refractivity contribution in [2.45, 2.75) is 20.4 Å². The van der Waals surface area contributed by atoms with E-state index < -0.39 is 0 Å². The quantitative estimate of drug-likeness (QED) is 0.315. The van der Waals surface area contributed by atoms with Gasteiger partial charge in [0.15, 0.2) is 5.96 Å². The minimum absolute atomic E-state index is 0. The number of methoxy groups -OCH3 is 2. The predicted molar refractivity (Wildman–Crippen MR) is 97.8 cm³/mol. The summed E-state index contributed by atoms with van der Waals surface area (Å²) in [5.74, 6) is 1.66. The SMILES string of the molecule is CCNC(=NCc1cc(C)cc(OC)c1)NCCOC.I. The third-order valence-electron chi connectivity index (χ3n) is 2.71. The van der Waals surface area contributed by atoms with Crippen LogP contribution in [0.3, 0.4) is 0 Å². The zero-order chi connectivity index (χ0) is 14.8. The lowest BCUT2D eigenvalue weighted by molar-refractivity contribution is 0.203. The van der Waals surface area contributed by atoms with Crippen LogP contribution in [0.15, 0.2) is 23.2 Å². The van der Waals surface area contributed by atoms with E-state index in [1.807, 2.05) is 19.1 Å². The van der Waals surface area contributed by atoms with Crippen LogP contribution in [0.5, 0.6) is 5.75 Å². The highest BCUT2D eigenvalue weighted by Gasteiger charge is 2.00. The van der Waals surface area contributed by atoms with Crippen LogP contribution in [0.4, 0.5) is 0 Å². The Kier molecular flexibility index (Phi) is 11.1. The van der Waals surface area contributed by atoms with Gasteiger partial charge < -0.3 is 20.1 Å². The van der Waals surface area contributed by atoms with Gasteiger partial charge in [-0.3, -0.25) is 0 Å². The lowest BCUT2D eigenvalue weighted by Crippen LogP contribution is -2.38. The van der Waals surface area contributed by atoms with E-state index in [2.05, 4.69) is 28.6 Å². The van der Waals surface area contributed by atoms with E-state index in [9.17, 15) is 0 Å². The number of rotatable bonds is 7. The number of benzene rings is 1. The van der Waals surface area contributed by atoms with E-state index in [0.717, 1.165) is 30.4 Å². The largest absolute Gasteiger partial charge is 0.497 e. The molecular formula is C15H26IN3O2. The zero-order valence-corrected chi connectivity index (χ0v) is 15.6. The number of guanidine groups is 1. The third kappa shape index (κ3) is 8.11. The maximum absolute atomic E-state index is 5.27. The van der Waals surface area contributed by atoms with Gasteiger partial charge in [-0.25, -0.2) is 4.99 Å². The van der Waals surface area contributed by atoms with Gasteiger partial charge in [-0.2, -0.15) is 0 Å². The average molecular weight is 407 g/mol. The monoisotopic (exact) mass is 407 g/mol. The van der Waals surface area contributed by atoms with Gasteiger partial charge in [0, 0.05) is 20.2 Å². The minimum Gasteiger partial charge on any atom is -0.497 e. The van der Waals surface area contributed by atoms with Crippen LogP contribution in [0, 0.1) is 6.92 Å². The number of halogens is 1. The Hall–Kier alpha value is -1.02. The summed E-state index contributed by atoms with van der Waals surface area (Å²) >= 11 is 0. The molecule has 0 saturated carbocycles. The fourth-order valence-corrected chi connectivity index (χ4v) is 1.82. The van der Waals surface area contributed by atoms with Crippen molar-refractivity contribution < 1.29 is 9.47 Å². The molecule has 5 nitrogen and oxygen atoms in total. The first-order valence-electron chi connectivity index (χ1n) is 6.85. The van der Waals surface area contributed by atoms with Gasteiger partial charge >= 0.3 is 0 Å². The molecule has 2 N–H and O–H groups in total. The summed E-state index contributed by atoms with van der Waals surface area (Å²) in [6.45, 7) is 6.93. The van der Waals surface area contributed by atoms with Crippen LogP contribution in [0.1, 0.15) is 18.1 Å². The van der Waals surface area contributed by atoms with Gasteiger partial charge in [-0.1, -0.05) is 6.07 Å². The van der Waals surface area contributed by atoms with Crippen LogP contribution < -0.4 is 15.4 Å². The van der Waals surface area contributed by atoms with Gasteiger partial charge in [0.1, 0.15) is 5.75 Å². The topological polar surface area (TPSA) is 54.9 Å². The van der Waals surface area contributed by atoms with Crippen LogP contribution in [-0.4, -0.2) is 39.9 Å². The Morgan fingerprint density at radius 3 is 2.57 bits per heavy atom. The van der Waals surface area contributed by atoms with Crippen molar-refractivity contribution in [2.24, 2.45) is 4.99 Å². The summed E-state index contributed by atoms with van der Waals surface area (Å²) < 4.78 is 10.3. The lowest BCUT2D eigenvalue weighted by Gasteiger charge is -2.11. The fourth-order valence-electron chi connectivity index (χ4n) is 1.82. The first-order chi connectivity index (χ1) is 9.69. The van der Waals surface area contributed by atoms with E-state index >= 15 is 0 Å². The van der Waals surface area contributed by atoms with Gasteiger partial charge in [-0.05, 0) is 37.1 Å². The Morgan fingerprint density at radius 2 is 1.95 bits per heavy atom. The summed E-state index contributed by atoms with van der Waals surface area (Å²) in [5, 5.41) is 6.42. The van der Waals surface area contributed by atoms with Crippen LogP contribution in [-0.2, 0) is 11.3 Å². The smallest absolute Gasteiger partial charge is 0.191 e. The number of ether oxygens (including phenoxy) is 2. The van der Waals surface area contributed by atoms with Crippen LogP contribution >= 0.6 is 24.0 Å². The number of hydrogen-bond acceptors (Lipinski definition) is 3. The molecule has 0 spiro atoms. The standard InChI is InChI=1S/C15H25N3O2.HI/c1-5-16-15(17-6-7-19-3)18-11-13-8-12(2)9-14(10-13)20-4;/h8-10H,5-7,11H2,1-4H3,(H2,16,17,18);1H. The summed E-state index contributed by atoms with van der Waals surface area (Å²) in [7, 11) is 3.36. The second-order valence-corrected chi connectivity index (χ2v) is 4.47. The predicted octanol–water partition coefficient (Wildman–Crippen LogP) is 2.32. The molecule has 6 heteroatoms. The minimum atomic E-state index is 0. The van der Waals surface area contributed by atoms with Crippen molar-refractivity contribution in [3.63, 3.8) is 0 Å². The molecule has 1 aromatic carbocycles. The van der Waals surface area contributed by atoms with Gasteiger partial charge in [0.25, 0.3) is 0 Å². The molecule has 120 valence electrons. The van der Waals surface area contributed by atoms with Crippen molar-refractivity contribution in [2.75, 3.05) is 33.9 Å². The van der Waals surface area contributed by atoms with E-state index in [4.69, 9.17) is 9.47 Å². The molecule has 0 radical (unpaired) electrons.